The van der Waals surface area contributed by atoms with Crippen molar-refractivity contribution in [3.8, 4) is 23.0 Å². The van der Waals surface area contributed by atoms with Crippen LogP contribution in [0.5, 0.6) is 23.0 Å². The zero-order valence-corrected chi connectivity index (χ0v) is 19.7. The minimum atomic E-state index is -0.138. The standard InChI is InChI=1S/C22H22ClNO5S2/c1-24-21(25)19(31-22(24)30)13-14-11-15(23)20(18(12-14)27-3)29-10-6-9-28-17-8-5-4-7-16(17)26-2/h4-5,7-8,11-13H,6,9-10H2,1-3H3. The summed E-state index contributed by atoms with van der Waals surface area (Å²) in [5.41, 5.74) is 0.725. The Kier molecular flexibility index (Phi) is 8.06. The highest BCUT2D eigenvalue weighted by Crippen LogP contribution is 2.39. The molecule has 0 radical (unpaired) electrons. The largest absolute Gasteiger partial charge is 0.493 e. The first-order chi connectivity index (χ1) is 14.9. The van der Waals surface area contributed by atoms with Crippen molar-refractivity contribution in [2.45, 2.75) is 6.42 Å². The van der Waals surface area contributed by atoms with Gasteiger partial charge in [0.25, 0.3) is 5.91 Å². The molecule has 0 aromatic heterocycles. The van der Waals surface area contributed by atoms with Gasteiger partial charge in [0.2, 0.25) is 0 Å². The van der Waals surface area contributed by atoms with E-state index in [2.05, 4.69) is 0 Å². The van der Waals surface area contributed by atoms with Gasteiger partial charge in [-0.2, -0.15) is 0 Å². The molecule has 0 atom stereocenters. The Labute approximate surface area is 196 Å². The number of hydrogen-bond donors (Lipinski definition) is 0. The number of thiocarbonyl (C=S) groups is 1. The summed E-state index contributed by atoms with van der Waals surface area (Å²) in [6, 6.07) is 11.0. The van der Waals surface area contributed by atoms with Gasteiger partial charge >= 0.3 is 0 Å². The summed E-state index contributed by atoms with van der Waals surface area (Å²) in [6.07, 6.45) is 2.38. The first-order valence-electron chi connectivity index (χ1n) is 9.42. The lowest BCUT2D eigenvalue weighted by molar-refractivity contribution is -0.121. The van der Waals surface area contributed by atoms with Gasteiger partial charge < -0.3 is 18.9 Å². The number of thioether (sulfide) groups is 1. The normalized spacial score (nSPS) is 14.8. The molecule has 9 heteroatoms. The maximum absolute atomic E-state index is 12.2. The van der Waals surface area contributed by atoms with Crippen molar-refractivity contribution in [2.75, 3.05) is 34.5 Å². The number of rotatable bonds is 9. The molecule has 1 aliphatic heterocycles. The average molecular weight is 480 g/mol. The van der Waals surface area contributed by atoms with E-state index < -0.39 is 0 Å². The Hall–Kier alpha value is -2.42. The van der Waals surface area contributed by atoms with Crippen LogP contribution in [0, 0.1) is 0 Å². The van der Waals surface area contributed by atoms with Gasteiger partial charge in [-0.3, -0.25) is 9.69 Å². The van der Waals surface area contributed by atoms with Gasteiger partial charge in [0, 0.05) is 13.5 Å². The number of nitrogens with zero attached hydrogens (tertiary/aromatic N) is 1. The van der Waals surface area contributed by atoms with Gasteiger partial charge in [-0.05, 0) is 35.9 Å². The van der Waals surface area contributed by atoms with E-state index in [0.29, 0.717) is 56.9 Å². The summed E-state index contributed by atoms with van der Waals surface area (Å²) >= 11 is 12.8. The van der Waals surface area contributed by atoms with Crippen LogP contribution in [0.15, 0.2) is 41.3 Å². The number of ether oxygens (including phenoxy) is 4. The van der Waals surface area contributed by atoms with E-state index >= 15 is 0 Å². The van der Waals surface area contributed by atoms with Crippen LogP contribution in [0.4, 0.5) is 0 Å². The number of carbonyl (C=O) groups excluding carboxylic acids is 1. The lowest BCUT2D eigenvalue weighted by atomic mass is 10.2. The Bertz CT molecular complexity index is 1010. The molecular formula is C22H22ClNO5S2. The molecule has 0 saturated carbocycles. The Balaban J connectivity index is 1.62. The van der Waals surface area contributed by atoms with Crippen LogP contribution in [0.3, 0.4) is 0 Å². The highest BCUT2D eigenvalue weighted by atomic mass is 35.5. The summed E-state index contributed by atoms with van der Waals surface area (Å²) < 4.78 is 22.8. The summed E-state index contributed by atoms with van der Waals surface area (Å²) in [5.74, 6) is 2.16. The number of halogens is 1. The van der Waals surface area contributed by atoms with Gasteiger partial charge in [0.05, 0.1) is 37.4 Å². The van der Waals surface area contributed by atoms with E-state index in [4.69, 9.17) is 42.8 Å². The number of benzene rings is 2. The molecule has 0 bridgehead atoms. The van der Waals surface area contributed by atoms with Crippen molar-refractivity contribution >= 4 is 51.9 Å². The van der Waals surface area contributed by atoms with Crippen LogP contribution in [0.1, 0.15) is 12.0 Å². The molecule has 2 aromatic carbocycles. The Morgan fingerprint density at radius 3 is 2.39 bits per heavy atom. The topological polar surface area (TPSA) is 57.2 Å². The molecule has 1 heterocycles. The third kappa shape index (κ3) is 5.64. The Morgan fingerprint density at radius 2 is 1.74 bits per heavy atom. The van der Waals surface area contributed by atoms with E-state index in [9.17, 15) is 4.79 Å². The molecule has 1 saturated heterocycles. The van der Waals surface area contributed by atoms with Crippen molar-refractivity contribution in [2.24, 2.45) is 0 Å². The first kappa shape index (κ1) is 23.2. The molecule has 0 unspecified atom stereocenters. The van der Waals surface area contributed by atoms with Gasteiger partial charge in [-0.25, -0.2) is 0 Å². The maximum Gasteiger partial charge on any atom is 0.265 e. The molecule has 3 rings (SSSR count). The maximum atomic E-state index is 12.2. The zero-order chi connectivity index (χ0) is 22.4. The van der Waals surface area contributed by atoms with E-state index in [0.717, 1.165) is 5.56 Å². The fourth-order valence-corrected chi connectivity index (χ4v) is 4.27. The van der Waals surface area contributed by atoms with Gasteiger partial charge in [0.1, 0.15) is 4.32 Å². The molecule has 164 valence electrons. The van der Waals surface area contributed by atoms with Crippen molar-refractivity contribution in [3.63, 3.8) is 0 Å². The molecule has 1 aliphatic rings. The molecule has 0 spiro atoms. The first-order valence-corrected chi connectivity index (χ1v) is 11.0. The molecule has 0 aliphatic carbocycles. The van der Waals surface area contributed by atoms with E-state index in [1.165, 1.54) is 16.7 Å². The third-order valence-corrected chi connectivity index (χ3v) is 6.16. The predicted octanol–water partition coefficient (Wildman–Crippen LogP) is 5.04. The molecule has 2 aromatic rings. The number of carbonyl (C=O) groups is 1. The van der Waals surface area contributed by atoms with Crippen LogP contribution in [0.2, 0.25) is 5.02 Å². The minimum Gasteiger partial charge on any atom is -0.493 e. The molecule has 31 heavy (non-hydrogen) atoms. The third-order valence-electron chi connectivity index (χ3n) is 4.40. The van der Waals surface area contributed by atoms with Crippen LogP contribution in [-0.4, -0.2) is 49.6 Å². The van der Waals surface area contributed by atoms with Gasteiger partial charge in [-0.15, -0.1) is 0 Å². The molecule has 6 nitrogen and oxygen atoms in total. The predicted molar refractivity (Wildman–Crippen MR) is 128 cm³/mol. The molecule has 1 fully saturated rings. The van der Waals surface area contributed by atoms with Crippen LogP contribution in [0.25, 0.3) is 6.08 Å². The van der Waals surface area contributed by atoms with Crippen molar-refractivity contribution in [3.05, 3.63) is 51.9 Å². The number of hydrogen-bond acceptors (Lipinski definition) is 7. The smallest absolute Gasteiger partial charge is 0.265 e. The minimum absolute atomic E-state index is 0.138. The fraction of sp³-hybridized carbons (Fsp3) is 0.273. The van der Waals surface area contributed by atoms with Crippen LogP contribution in [-0.2, 0) is 4.79 Å². The monoisotopic (exact) mass is 479 g/mol. The second-order valence-electron chi connectivity index (χ2n) is 6.48. The number of para-hydroxylation sites is 2. The van der Waals surface area contributed by atoms with Crippen LogP contribution >= 0.6 is 35.6 Å². The van der Waals surface area contributed by atoms with E-state index in [-0.39, 0.29) is 5.91 Å². The van der Waals surface area contributed by atoms with Gasteiger partial charge in [-0.1, -0.05) is 47.7 Å². The lowest BCUT2D eigenvalue weighted by Crippen LogP contribution is -2.22. The fourth-order valence-electron chi connectivity index (χ4n) is 2.81. The quantitative estimate of drug-likeness (QED) is 0.284. The van der Waals surface area contributed by atoms with Gasteiger partial charge in [0.15, 0.2) is 23.0 Å². The number of amides is 1. The average Bonchev–Trinajstić information content (AvgIpc) is 3.01. The second kappa shape index (κ2) is 10.7. The number of likely N-dealkylation sites (N-methyl/N-ethyl adjacent to an activating group) is 1. The second-order valence-corrected chi connectivity index (χ2v) is 8.56. The van der Waals surface area contributed by atoms with Crippen molar-refractivity contribution in [1.82, 2.24) is 4.90 Å². The zero-order valence-electron chi connectivity index (χ0n) is 17.3. The number of methoxy groups -OCH3 is 2. The highest BCUT2D eigenvalue weighted by Gasteiger charge is 2.28. The Morgan fingerprint density at radius 1 is 1.06 bits per heavy atom. The molecule has 0 N–H and O–H groups in total. The summed E-state index contributed by atoms with van der Waals surface area (Å²) in [6.45, 7) is 0.844. The molecular weight excluding hydrogens is 458 g/mol. The summed E-state index contributed by atoms with van der Waals surface area (Å²) in [5, 5.41) is 0.392. The van der Waals surface area contributed by atoms with Crippen molar-refractivity contribution in [1.29, 1.82) is 0 Å². The van der Waals surface area contributed by atoms with Crippen LogP contribution < -0.4 is 18.9 Å². The van der Waals surface area contributed by atoms with E-state index in [1.807, 2.05) is 24.3 Å². The lowest BCUT2D eigenvalue weighted by Gasteiger charge is -2.14. The summed E-state index contributed by atoms with van der Waals surface area (Å²) in [4.78, 5) is 14.2. The SMILES string of the molecule is COc1ccccc1OCCCOc1c(Cl)cc(C=C2SC(=S)N(C)C2=O)cc1OC. The van der Waals surface area contributed by atoms with Crippen molar-refractivity contribution < 1.29 is 23.7 Å². The van der Waals surface area contributed by atoms with E-state index in [1.54, 1.807) is 39.5 Å². The highest BCUT2D eigenvalue weighted by molar-refractivity contribution is 8.26. The molecule has 1 amide bonds. The summed E-state index contributed by atoms with van der Waals surface area (Å²) in [7, 11) is 4.80.